The Hall–Kier alpha value is -2.34. The second-order valence-electron chi connectivity index (χ2n) is 7.10. The Morgan fingerprint density at radius 3 is 2.70 bits per heavy atom. The van der Waals surface area contributed by atoms with E-state index in [9.17, 15) is 4.39 Å². The fourth-order valence-electron chi connectivity index (χ4n) is 3.50. The Kier molecular flexibility index (Phi) is 6.50. The summed E-state index contributed by atoms with van der Waals surface area (Å²) >= 11 is 0. The predicted octanol–water partition coefficient (Wildman–Crippen LogP) is 3.79. The Morgan fingerprint density at radius 1 is 1.30 bits per heavy atom. The van der Waals surface area contributed by atoms with Crippen molar-refractivity contribution < 1.29 is 8.81 Å². The monoisotopic (exact) mass is 372 g/mol. The molecule has 1 aromatic carbocycles. The highest BCUT2D eigenvalue weighted by Crippen LogP contribution is 2.25. The lowest BCUT2D eigenvalue weighted by Gasteiger charge is -2.27. The number of hydrogen-bond donors (Lipinski definition) is 2. The summed E-state index contributed by atoms with van der Waals surface area (Å²) in [7, 11) is 1.75. The predicted molar refractivity (Wildman–Crippen MR) is 106 cm³/mol. The average molecular weight is 372 g/mol. The number of hydrogen-bond acceptors (Lipinski definition) is 3. The molecule has 0 bridgehead atoms. The molecule has 1 saturated heterocycles. The van der Waals surface area contributed by atoms with E-state index in [1.165, 1.54) is 12.8 Å². The van der Waals surface area contributed by atoms with Gasteiger partial charge in [-0.05, 0) is 69.1 Å². The summed E-state index contributed by atoms with van der Waals surface area (Å²) in [6.45, 7) is 6.63. The third-order valence-electron chi connectivity index (χ3n) is 5.19. The lowest BCUT2D eigenvalue weighted by atomic mass is 10.1. The van der Waals surface area contributed by atoms with E-state index >= 15 is 0 Å². The van der Waals surface area contributed by atoms with Gasteiger partial charge in [0.1, 0.15) is 11.6 Å². The fraction of sp³-hybridized carbons (Fsp3) is 0.476. The van der Waals surface area contributed by atoms with Crippen LogP contribution in [0, 0.1) is 12.7 Å². The first-order chi connectivity index (χ1) is 13.1. The van der Waals surface area contributed by atoms with Crippen LogP contribution in [0.15, 0.2) is 46.0 Å². The van der Waals surface area contributed by atoms with Gasteiger partial charge < -0.3 is 15.1 Å². The first kappa shape index (κ1) is 19.4. The Balaban J connectivity index is 1.62. The molecule has 1 aromatic heterocycles. The number of nitrogens with zero attached hydrogens (tertiary/aromatic N) is 2. The van der Waals surface area contributed by atoms with Crippen LogP contribution in [0.5, 0.6) is 0 Å². The molecule has 0 aliphatic carbocycles. The summed E-state index contributed by atoms with van der Waals surface area (Å²) in [5.74, 6) is 1.48. The van der Waals surface area contributed by atoms with Crippen LogP contribution < -0.4 is 10.6 Å². The quantitative estimate of drug-likeness (QED) is 0.598. The van der Waals surface area contributed by atoms with Crippen LogP contribution in [-0.4, -0.2) is 37.5 Å². The molecule has 2 unspecified atom stereocenters. The van der Waals surface area contributed by atoms with Gasteiger partial charge in [0.2, 0.25) is 0 Å². The minimum atomic E-state index is -0.184. The van der Waals surface area contributed by atoms with Crippen molar-refractivity contribution in [3.05, 3.63) is 59.3 Å². The molecule has 1 aliphatic heterocycles. The molecule has 0 radical (unpaired) electrons. The second-order valence-corrected chi connectivity index (χ2v) is 7.10. The van der Waals surface area contributed by atoms with Gasteiger partial charge in [-0.15, -0.1) is 0 Å². The van der Waals surface area contributed by atoms with Crippen LogP contribution in [0.25, 0.3) is 0 Å². The molecule has 2 heterocycles. The van der Waals surface area contributed by atoms with Crippen molar-refractivity contribution in [2.45, 2.75) is 38.8 Å². The number of guanidine groups is 1. The van der Waals surface area contributed by atoms with Crippen LogP contribution >= 0.6 is 0 Å². The van der Waals surface area contributed by atoms with E-state index in [0.717, 1.165) is 24.4 Å². The molecule has 2 N–H and O–H groups in total. The minimum absolute atomic E-state index is 0.0554. The van der Waals surface area contributed by atoms with Crippen LogP contribution in [0.4, 0.5) is 4.39 Å². The van der Waals surface area contributed by atoms with E-state index in [2.05, 4.69) is 20.5 Å². The molecular weight excluding hydrogens is 343 g/mol. The van der Waals surface area contributed by atoms with Crippen LogP contribution in [0.2, 0.25) is 0 Å². The molecule has 1 aliphatic rings. The summed E-state index contributed by atoms with van der Waals surface area (Å²) in [5.41, 5.74) is 1.54. The maximum atomic E-state index is 13.9. The van der Waals surface area contributed by atoms with E-state index < -0.39 is 0 Å². The van der Waals surface area contributed by atoms with Crippen molar-refractivity contribution in [2.24, 2.45) is 4.99 Å². The van der Waals surface area contributed by atoms with Crippen LogP contribution in [-0.2, 0) is 0 Å². The smallest absolute Gasteiger partial charge is 0.191 e. The van der Waals surface area contributed by atoms with Crippen molar-refractivity contribution in [2.75, 3.05) is 26.7 Å². The number of rotatable bonds is 6. The zero-order valence-electron chi connectivity index (χ0n) is 16.3. The highest BCUT2D eigenvalue weighted by Gasteiger charge is 2.25. The summed E-state index contributed by atoms with van der Waals surface area (Å²) in [6.07, 6.45) is 4.17. The van der Waals surface area contributed by atoms with E-state index in [4.69, 9.17) is 4.42 Å². The molecule has 5 nitrogen and oxygen atoms in total. The standard InChI is InChI=1S/C21H29FN4O/c1-15-8-9-17(13-18(15)22)16(2)25-21(23-3)24-14-19(20-7-6-12-27-20)26-10-4-5-11-26/h6-9,12-13,16,19H,4-5,10-11,14H2,1-3H3,(H2,23,24,25). The molecule has 6 heteroatoms. The Morgan fingerprint density at radius 2 is 2.07 bits per heavy atom. The van der Waals surface area contributed by atoms with Crippen LogP contribution in [0.1, 0.15) is 48.7 Å². The maximum absolute atomic E-state index is 13.9. The van der Waals surface area contributed by atoms with Gasteiger partial charge in [-0.2, -0.15) is 0 Å². The van der Waals surface area contributed by atoms with Crippen molar-refractivity contribution >= 4 is 5.96 Å². The molecule has 1 fully saturated rings. The summed E-state index contributed by atoms with van der Waals surface area (Å²) in [5, 5.41) is 6.75. The third-order valence-corrected chi connectivity index (χ3v) is 5.19. The van der Waals surface area contributed by atoms with Gasteiger partial charge in [0.05, 0.1) is 18.3 Å². The SMILES string of the molecule is CN=C(NCC(c1ccco1)N1CCCC1)NC(C)c1ccc(C)c(F)c1. The molecule has 0 spiro atoms. The van der Waals surface area contributed by atoms with Crippen LogP contribution in [0.3, 0.4) is 0 Å². The molecule has 2 aromatic rings. The van der Waals surface area contributed by atoms with Gasteiger partial charge in [0, 0.05) is 13.6 Å². The summed E-state index contributed by atoms with van der Waals surface area (Å²) < 4.78 is 19.5. The largest absolute Gasteiger partial charge is 0.468 e. The zero-order chi connectivity index (χ0) is 19.2. The first-order valence-corrected chi connectivity index (χ1v) is 9.59. The lowest BCUT2D eigenvalue weighted by molar-refractivity contribution is 0.215. The third kappa shape index (κ3) is 4.89. The number of likely N-dealkylation sites (tertiary alicyclic amines) is 1. The van der Waals surface area contributed by atoms with E-state index in [-0.39, 0.29) is 17.9 Å². The molecule has 2 atom stereocenters. The number of benzene rings is 1. The van der Waals surface area contributed by atoms with Crippen molar-refractivity contribution in [1.82, 2.24) is 15.5 Å². The van der Waals surface area contributed by atoms with Gasteiger partial charge in [-0.1, -0.05) is 12.1 Å². The fourth-order valence-corrected chi connectivity index (χ4v) is 3.50. The molecular formula is C21H29FN4O. The van der Waals surface area contributed by atoms with Gasteiger partial charge in [0.15, 0.2) is 5.96 Å². The Labute approximate surface area is 160 Å². The maximum Gasteiger partial charge on any atom is 0.191 e. The minimum Gasteiger partial charge on any atom is -0.468 e. The van der Waals surface area contributed by atoms with Gasteiger partial charge in [0.25, 0.3) is 0 Å². The van der Waals surface area contributed by atoms with Gasteiger partial charge in [-0.3, -0.25) is 9.89 Å². The van der Waals surface area contributed by atoms with Gasteiger partial charge >= 0.3 is 0 Å². The van der Waals surface area contributed by atoms with Gasteiger partial charge in [-0.25, -0.2) is 4.39 Å². The second kappa shape index (κ2) is 9.04. The molecule has 0 saturated carbocycles. The molecule has 27 heavy (non-hydrogen) atoms. The van der Waals surface area contributed by atoms with Crippen molar-refractivity contribution in [1.29, 1.82) is 0 Å². The number of furan rings is 1. The number of aryl methyl sites for hydroxylation is 1. The molecule has 0 amide bonds. The first-order valence-electron chi connectivity index (χ1n) is 9.59. The highest BCUT2D eigenvalue weighted by atomic mass is 19.1. The molecule has 146 valence electrons. The highest BCUT2D eigenvalue weighted by molar-refractivity contribution is 5.80. The zero-order valence-corrected chi connectivity index (χ0v) is 16.3. The van der Waals surface area contributed by atoms with E-state index in [1.807, 2.05) is 25.1 Å². The van der Waals surface area contributed by atoms with E-state index in [1.54, 1.807) is 32.4 Å². The van der Waals surface area contributed by atoms with Crippen molar-refractivity contribution in [3.8, 4) is 0 Å². The average Bonchev–Trinajstić information content (AvgIpc) is 3.37. The molecule has 3 rings (SSSR count). The van der Waals surface area contributed by atoms with E-state index in [0.29, 0.717) is 18.1 Å². The Bertz CT molecular complexity index is 754. The number of halogens is 1. The number of aliphatic imine (C=N–C) groups is 1. The number of nitrogens with one attached hydrogen (secondary N) is 2. The summed E-state index contributed by atoms with van der Waals surface area (Å²) in [6, 6.07) is 9.40. The van der Waals surface area contributed by atoms with Crippen molar-refractivity contribution in [3.63, 3.8) is 0 Å². The lowest BCUT2D eigenvalue weighted by Crippen LogP contribution is -2.43. The summed E-state index contributed by atoms with van der Waals surface area (Å²) in [4.78, 5) is 6.77. The normalized spacial score (nSPS) is 17.7. The topological polar surface area (TPSA) is 52.8 Å².